The van der Waals surface area contributed by atoms with E-state index < -0.39 is 0 Å². The van der Waals surface area contributed by atoms with Gasteiger partial charge in [0.2, 0.25) is 5.91 Å². The zero-order valence-electron chi connectivity index (χ0n) is 15.1. The molecule has 1 amide bonds. The number of carbonyl (C=O) groups is 1. The van der Waals surface area contributed by atoms with Crippen LogP contribution in [0, 0.1) is 0 Å². The first kappa shape index (κ1) is 17.3. The predicted octanol–water partition coefficient (Wildman–Crippen LogP) is 2.78. The standard InChI is InChI=1S/C20H22N6O/c27-19(8-1-4-14-10-23-24-11-14)25-17-6-2-7-18-16(17)13-22-20(26-18)15-5-3-9-21-12-15/h3,5,9-13,17H,1-2,4,6-8H2,(H,23,24)(H,25,27)/t17-/m1/s1. The third-order valence-corrected chi connectivity index (χ3v) is 4.86. The summed E-state index contributed by atoms with van der Waals surface area (Å²) in [5, 5.41) is 9.88. The number of aromatic nitrogens is 5. The Bertz CT molecular complexity index is 894. The number of carbonyl (C=O) groups excluding carboxylic acids is 1. The number of pyridine rings is 1. The Kier molecular flexibility index (Phi) is 5.18. The average Bonchev–Trinajstić information content (AvgIpc) is 3.22. The van der Waals surface area contributed by atoms with Crippen LogP contribution in [0.25, 0.3) is 11.4 Å². The van der Waals surface area contributed by atoms with Gasteiger partial charge >= 0.3 is 0 Å². The van der Waals surface area contributed by atoms with Crippen molar-refractivity contribution in [2.24, 2.45) is 0 Å². The quantitative estimate of drug-likeness (QED) is 0.703. The SMILES string of the molecule is O=C(CCCc1cn[nH]c1)N[C@@H]1CCCc2nc(-c3cccnc3)ncc21. The van der Waals surface area contributed by atoms with E-state index in [4.69, 9.17) is 4.98 Å². The minimum atomic E-state index is -0.00174. The molecule has 0 spiro atoms. The lowest BCUT2D eigenvalue weighted by molar-refractivity contribution is -0.122. The summed E-state index contributed by atoms with van der Waals surface area (Å²) < 4.78 is 0. The smallest absolute Gasteiger partial charge is 0.220 e. The van der Waals surface area contributed by atoms with Crippen molar-refractivity contribution < 1.29 is 4.79 Å². The summed E-state index contributed by atoms with van der Waals surface area (Å²) in [4.78, 5) is 25.7. The van der Waals surface area contributed by atoms with Crippen molar-refractivity contribution >= 4 is 5.91 Å². The van der Waals surface area contributed by atoms with Crippen molar-refractivity contribution in [3.63, 3.8) is 0 Å². The van der Waals surface area contributed by atoms with Crippen LogP contribution in [0.5, 0.6) is 0 Å². The molecule has 1 atom stereocenters. The molecule has 3 aromatic rings. The van der Waals surface area contributed by atoms with Gasteiger partial charge in [0, 0.05) is 48.0 Å². The Morgan fingerprint density at radius 1 is 1.30 bits per heavy atom. The largest absolute Gasteiger partial charge is 0.349 e. The van der Waals surface area contributed by atoms with Crippen LogP contribution in [0.2, 0.25) is 0 Å². The molecule has 1 aliphatic carbocycles. The maximum atomic E-state index is 12.4. The fourth-order valence-corrected chi connectivity index (χ4v) is 3.46. The van der Waals surface area contributed by atoms with Crippen LogP contribution < -0.4 is 5.32 Å². The molecule has 27 heavy (non-hydrogen) atoms. The van der Waals surface area contributed by atoms with Crippen LogP contribution >= 0.6 is 0 Å². The molecule has 0 bridgehead atoms. The van der Waals surface area contributed by atoms with E-state index in [1.54, 1.807) is 18.6 Å². The molecular formula is C20H22N6O. The second kappa shape index (κ2) is 8.07. The number of fused-ring (bicyclic) bond motifs is 1. The lowest BCUT2D eigenvalue weighted by Gasteiger charge is -2.25. The minimum absolute atomic E-state index is 0.00174. The fraction of sp³-hybridized carbons (Fsp3) is 0.350. The summed E-state index contributed by atoms with van der Waals surface area (Å²) in [6, 6.07) is 3.83. The number of hydrogen-bond donors (Lipinski definition) is 2. The molecule has 0 saturated heterocycles. The van der Waals surface area contributed by atoms with E-state index in [9.17, 15) is 4.79 Å². The van der Waals surface area contributed by atoms with E-state index in [1.165, 1.54) is 0 Å². The maximum Gasteiger partial charge on any atom is 0.220 e. The number of aromatic amines is 1. The third-order valence-electron chi connectivity index (χ3n) is 4.86. The predicted molar refractivity (Wildman–Crippen MR) is 101 cm³/mol. The van der Waals surface area contributed by atoms with E-state index in [2.05, 4.69) is 25.5 Å². The van der Waals surface area contributed by atoms with Gasteiger partial charge in [0.1, 0.15) is 0 Å². The number of rotatable bonds is 6. The maximum absolute atomic E-state index is 12.4. The summed E-state index contributed by atoms with van der Waals surface area (Å²) in [6.07, 6.45) is 14.0. The van der Waals surface area contributed by atoms with Crippen molar-refractivity contribution in [1.29, 1.82) is 0 Å². The molecule has 138 valence electrons. The van der Waals surface area contributed by atoms with Crippen LogP contribution in [0.15, 0.2) is 43.1 Å². The molecule has 0 aromatic carbocycles. The van der Waals surface area contributed by atoms with E-state index >= 15 is 0 Å². The van der Waals surface area contributed by atoms with Crippen molar-refractivity contribution in [3.8, 4) is 11.4 Å². The molecule has 3 aromatic heterocycles. The first-order valence-corrected chi connectivity index (χ1v) is 9.33. The van der Waals surface area contributed by atoms with Crippen LogP contribution in [-0.4, -0.2) is 31.1 Å². The van der Waals surface area contributed by atoms with Crippen LogP contribution in [-0.2, 0) is 17.6 Å². The molecule has 1 aliphatic rings. The lowest BCUT2D eigenvalue weighted by Crippen LogP contribution is -2.31. The highest BCUT2D eigenvalue weighted by Crippen LogP contribution is 2.29. The number of H-pyrrole nitrogens is 1. The molecule has 0 unspecified atom stereocenters. The van der Waals surface area contributed by atoms with Crippen molar-refractivity contribution in [2.45, 2.75) is 44.6 Å². The molecule has 3 heterocycles. The van der Waals surface area contributed by atoms with Crippen LogP contribution in [0.4, 0.5) is 0 Å². The van der Waals surface area contributed by atoms with Gasteiger partial charge in [-0.25, -0.2) is 9.97 Å². The van der Waals surface area contributed by atoms with E-state index in [1.807, 2.05) is 24.5 Å². The fourth-order valence-electron chi connectivity index (χ4n) is 3.46. The number of aryl methyl sites for hydroxylation is 2. The Balaban J connectivity index is 1.40. The number of hydrogen-bond acceptors (Lipinski definition) is 5. The van der Waals surface area contributed by atoms with Gasteiger partial charge in [-0.1, -0.05) is 0 Å². The monoisotopic (exact) mass is 362 g/mol. The second-order valence-electron chi connectivity index (χ2n) is 6.81. The van der Waals surface area contributed by atoms with Gasteiger partial charge in [-0.2, -0.15) is 5.10 Å². The Hall–Kier alpha value is -3.09. The summed E-state index contributed by atoms with van der Waals surface area (Å²) in [7, 11) is 0. The number of nitrogens with zero attached hydrogens (tertiary/aromatic N) is 4. The molecule has 0 fully saturated rings. The van der Waals surface area contributed by atoms with Crippen molar-refractivity contribution in [3.05, 3.63) is 59.9 Å². The van der Waals surface area contributed by atoms with Gasteiger partial charge in [0.05, 0.1) is 12.2 Å². The molecule has 7 nitrogen and oxygen atoms in total. The van der Waals surface area contributed by atoms with Gasteiger partial charge in [0.15, 0.2) is 5.82 Å². The van der Waals surface area contributed by atoms with Crippen LogP contribution in [0.1, 0.15) is 48.5 Å². The molecule has 0 radical (unpaired) electrons. The average molecular weight is 362 g/mol. The highest BCUT2D eigenvalue weighted by Gasteiger charge is 2.23. The zero-order valence-corrected chi connectivity index (χ0v) is 15.1. The number of amides is 1. The Labute approximate surface area is 157 Å². The summed E-state index contributed by atoms with van der Waals surface area (Å²) >= 11 is 0. The van der Waals surface area contributed by atoms with Gasteiger partial charge in [-0.15, -0.1) is 0 Å². The topological polar surface area (TPSA) is 96.5 Å². The third kappa shape index (κ3) is 4.19. The van der Waals surface area contributed by atoms with Crippen LogP contribution in [0.3, 0.4) is 0 Å². The summed E-state index contributed by atoms with van der Waals surface area (Å²) in [5.41, 5.74) is 4.10. The van der Waals surface area contributed by atoms with Gasteiger partial charge in [0.25, 0.3) is 0 Å². The van der Waals surface area contributed by atoms with Gasteiger partial charge in [-0.05, 0) is 49.8 Å². The van der Waals surface area contributed by atoms with Gasteiger partial charge in [-0.3, -0.25) is 14.9 Å². The van der Waals surface area contributed by atoms with Gasteiger partial charge < -0.3 is 5.32 Å². The van der Waals surface area contributed by atoms with E-state index in [0.717, 1.165) is 54.5 Å². The Morgan fingerprint density at radius 2 is 2.26 bits per heavy atom. The molecule has 7 heteroatoms. The summed E-state index contributed by atoms with van der Waals surface area (Å²) in [5.74, 6) is 0.765. The molecule has 0 saturated carbocycles. The highest BCUT2D eigenvalue weighted by molar-refractivity contribution is 5.76. The first-order chi connectivity index (χ1) is 13.3. The van der Waals surface area contributed by atoms with E-state index in [0.29, 0.717) is 12.2 Å². The second-order valence-corrected chi connectivity index (χ2v) is 6.81. The molecule has 0 aliphatic heterocycles. The van der Waals surface area contributed by atoms with E-state index in [-0.39, 0.29) is 11.9 Å². The molecule has 2 N–H and O–H groups in total. The Morgan fingerprint density at radius 3 is 3.07 bits per heavy atom. The molecule has 4 rings (SSSR count). The van der Waals surface area contributed by atoms with Crippen molar-refractivity contribution in [2.75, 3.05) is 0 Å². The molecular weight excluding hydrogens is 340 g/mol. The lowest BCUT2D eigenvalue weighted by atomic mass is 9.92. The minimum Gasteiger partial charge on any atom is -0.349 e. The summed E-state index contributed by atoms with van der Waals surface area (Å²) in [6.45, 7) is 0. The zero-order chi connectivity index (χ0) is 18.5. The normalized spacial score (nSPS) is 15.9. The van der Waals surface area contributed by atoms with Crippen molar-refractivity contribution in [1.82, 2.24) is 30.5 Å². The first-order valence-electron chi connectivity index (χ1n) is 9.33. The highest BCUT2D eigenvalue weighted by atomic mass is 16.1. The number of nitrogens with one attached hydrogen (secondary N) is 2.